The molecule has 1 aromatic carbocycles. The predicted octanol–water partition coefficient (Wildman–Crippen LogP) is 5.84. The van der Waals surface area contributed by atoms with E-state index in [1.807, 2.05) is 45.9 Å². The number of rotatable bonds is 6. The van der Waals surface area contributed by atoms with Gasteiger partial charge in [0.15, 0.2) is 0 Å². The average Bonchev–Trinajstić information content (AvgIpc) is 3.43. The van der Waals surface area contributed by atoms with Crippen LogP contribution in [0, 0.1) is 20.8 Å². The predicted molar refractivity (Wildman–Crippen MR) is 138 cm³/mol. The molecule has 4 N–H and O–H groups in total. The molecule has 7 nitrogen and oxygen atoms in total. The number of aryl methyl sites for hydroxylation is 3. The monoisotopic (exact) mass is 476 g/mol. The third-order valence-electron chi connectivity index (χ3n) is 5.88. The van der Waals surface area contributed by atoms with Crippen LogP contribution in [0.5, 0.6) is 0 Å². The van der Waals surface area contributed by atoms with Crippen molar-refractivity contribution >= 4 is 44.7 Å². The second kappa shape index (κ2) is 9.30. The number of hydrogen-bond acceptors (Lipinski definition) is 6. The molecule has 1 atom stereocenters. The zero-order valence-electron chi connectivity index (χ0n) is 19.9. The van der Waals surface area contributed by atoms with Crippen LogP contribution in [0.15, 0.2) is 41.0 Å². The number of furan rings is 1. The van der Waals surface area contributed by atoms with Crippen molar-refractivity contribution in [2.45, 2.75) is 47.1 Å². The van der Waals surface area contributed by atoms with Gasteiger partial charge in [-0.15, -0.1) is 11.3 Å². The Balaban J connectivity index is 1.89. The second-order valence-corrected chi connectivity index (χ2v) is 9.50. The molecule has 4 rings (SSSR count). The summed E-state index contributed by atoms with van der Waals surface area (Å²) in [4.78, 5) is 32.1. The molecule has 176 valence electrons. The largest absolute Gasteiger partial charge is 0.464 e. The van der Waals surface area contributed by atoms with Crippen LogP contribution in [0.1, 0.15) is 57.1 Å². The maximum Gasteiger partial charge on any atom is 0.263 e. The van der Waals surface area contributed by atoms with Crippen molar-refractivity contribution in [3.05, 3.63) is 63.9 Å². The molecule has 0 aliphatic rings. The molecule has 0 saturated heterocycles. The third-order valence-corrected chi connectivity index (χ3v) is 6.98. The molecule has 0 aliphatic carbocycles. The SMILES string of the molecule is CC[C@@H](C)NC(=O)c1sc2nc(C)c(C(=O)Nc3ccc(C)cc3C)c(-c3ccco3)c2c1N. The highest BCUT2D eigenvalue weighted by Crippen LogP contribution is 2.42. The molecule has 0 bridgehead atoms. The fourth-order valence-electron chi connectivity index (χ4n) is 3.91. The van der Waals surface area contributed by atoms with E-state index in [0.29, 0.717) is 49.0 Å². The minimum atomic E-state index is -0.318. The number of fused-ring (bicyclic) bond motifs is 1. The van der Waals surface area contributed by atoms with E-state index in [4.69, 9.17) is 10.2 Å². The normalized spacial score (nSPS) is 12.0. The lowest BCUT2D eigenvalue weighted by Crippen LogP contribution is -2.31. The van der Waals surface area contributed by atoms with Crippen molar-refractivity contribution in [2.24, 2.45) is 0 Å². The molecule has 0 fully saturated rings. The summed E-state index contributed by atoms with van der Waals surface area (Å²) in [7, 11) is 0. The van der Waals surface area contributed by atoms with E-state index in [2.05, 4.69) is 15.6 Å². The Morgan fingerprint density at radius 2 is 1.94 bits per heavy atom. The summed E-state index contributed by atoms with van der Waals surface area (Å²) in [6, 6.07) is 9.38. The van der Waals surface area contributed by atoms with Crippen molar-refractivity contribution in [1.82, 2.24) is 10.3 Å². The van der Waals surface area contributed by atoms with Crippen LogP contribution in [-0.2, 0) is 0 Å². The van der Waals surface area contributed by atoms with Crippen molar-refractivity contribution in [2.75, 3.05) is 11.1 Å². The topological polar surface area (TPSA) is 110 Å². The second-order valence-electron chi connectivity index (χ2n) is 8.50. The summed E-state index contributed by atoms with van der Waals surface area (Å²) in [6.45, 7) is 9.67. The summed E-state index contributed by atoms with van der Waals surface area (Å²) in [5.41, 5.74) is 11.0. The van der Waals surface area contributed by atoms with Gasteiger partial charge in [-0.25, -0.2) is 4.98 Å². The summed E-state index contributed by atoms with van der Waals surface area (Å²) < 4.78 is 5.71. The van der Waals surface area contributed by atoms with Gasteiger partial charge in [0, 0.05) is 22.7 Å². The van der Waals surface area contributed by atoms with Crippen molar-refractivity contribution in [3.8, 4) is 11.3 Å². The molecule has 3 aromatic heterocycles. The Hall–Kier alpha value is -3.65. The molecule has 0 radical (unpaired) electrons. The summed E-state index contributed by atoms with van der Waals surface area (Å²) in [5.74, 6) is -0.0831. The number of carbonyl (C=O) groups excluding carboxylic acids is 2. The molecule has 0 aliphatic heterocycles. The highest BCUT2D eigenvalue weighted by molar-refractivity contribution is 7.21. The average molecular weight is 477 g/mol. The fraction of sp³-hybridized carbons (Fsp3) is 0.269. The quantitative estimate of drug-likeness (QED) is 0.324. The van der Waals surface area contributed by atoms with Crippen LogP contribution in [0.3, 0.4) is 0 Å². The van der Waals surface area contributed by atoms with Gasteiger partial charge >= 0.3 is 0 Å². The van der Waals surface area contributed by atoms with Crippen LogP contribution in [0.4, 0.5) is 11.4 Å². The summed E-state index contributed by atoms with van der Waals surface area (Å²) in [6.07, 6.45) is 2.34. The molecule has 0 unspecified atom stereocenters. The molecule has 0 spiro atoms. The van der Waals surface area contributed by atoms with Gasteiger partial charge in [0.2, 0.25) is 0 Å². The Kier molecular flexibility index (Phi) is 6.43. The highest BCUT2D eigenvalue weighted by Gasteiger charge is 2.28. The number of hydrogen-bond donors (Lipinski definition) is 3. The molecular weight excluding hydrogens is 448 g/mol. The molecule has 0 saturated carbocycles. The number of pyridine rings is 1. The number of amides is 2. The van der Waals surface area contributed by atoms with Gasteiger partial charge in [-0.1, -0.05) is 24.6 Å². The molecule has 2 amide bonds. The van der Waals surface area contributed by atoms with Gasteiger partial charge < -0.3 is 20.8 Å². The van der Waals surface area contributed by atoms with E-state index in [-0.39, 0.29) is 17.9 Å². The van der Waals surface area contributed by atoms with Gasteiger partial charge in [-0.3, -0.25) is 9.59 Å². The summed E-state index contributed by atoms with van der Waals surface area (Å²) >= 11 is 1.22. The van der Waals surface area contributed by atoms with Crippen LogP contribution in [0.2, 0.25) is 0 Å². The minimum absolute atomic E-state index is 0.00967. The Morgan fingerprint density at radius 1 is 1.18 bits per heavy atom. The minimum Gasteiger partial charge on any atom is -0.464 e. The molecular formula is C26H28N4O3S. The van der Waals surface area contributed by atoms with Crippen LogP contribution in [-0.4, -0.2) is 22.8 Å². The lowest BCUT2D eigenvalue weighted by molar-refractivity contribution is 0.0943. The number of anilines is 2. The Bertz CT molecular complexity index is 1390. The highest BCUT2D eigenvalue weighted by atomic mass is 32.1. The molecule has 3 heterocycles. The van der Waals surface area contributed by atoms with Crippen LogP contribution < -0.4 is 16.4 Å². The van der Waals surface area contributed by atoms with E-state index < -0.39 is 0 Å². The number of thiophene rings is 1. The zero-order valence-corrected chi connectivity index (χ0v) is 20.7. The lowest BCUT2D eigenvalue weighted by atomic mass is 9.99. The van der Waals surface area contributed by atoms with Crippen LogP contribution in [0.25, 0.3) is 21.5 Å². The summed E-state index contributed by atoms with van der Waals surface area (Å²) in [5, 5.41) is 6.51. The van der Waals surface area contributed by atoms with E-state index in [0.717, 1.165) is 17.5 Å². The molecule has 4 aromatic rings. The smallest absolute Gasteiger partial charge is 0.263 e. The maximum atomic E-state index is 13.6. The van der Waals surface area contributed by atoms with E-state index in [1.54, 1.807) is 25.3 Å². The van der Waals surface area contributed by atoms with Crippen LogP contribution >= 0.6 is 11.3 Å². The number of nitrogens with zero attached hydrogens (tertiary/aromatic N) is 1. The lowest BCUT2D eigenvalue weighted by Gasteiger charge is -2.14. The molecule has 8 heteroatoms. The Morgan fingerprint density at radius 3 is 2.59 bits per heavy atom. The third kappa shape index (κ3) is 4.28. The number of benzene rings is 1. The first-order chi connectivity index (χ1) is 16.2. The Labute approximate surface area is 202 Å². The van der Waals surface area contributed by atoms with Gasteiger partial charge in [0.1, 0.15) is 15.5 Å². The number of nitrogens with one attached hydrogen (secondary N) is 2. The number of nitrogen functional groups attached to an aromatic ring is 1. The number of aromatic nitrogens is 1. The first-order valence-electron chi connectivity index (χ1n) is 11.2. The van der Waals surface area contributed by atoms with Crippen molar-refractivity contribution in [3.63, 3.8) is 0 Å². The number of carbonyl (C=O) groups is 2. The maximum absolute atomic E-state index is 13.6. The van der Waals surface area contributed by atoms with Crippen molar-refractivity contribution < 1.29 is 14.0 Å². The first kappa shape index (κ1) is 23.5. The first-order valence-corrected chi connectivity index (χ1v) is 12.0. The van der Waals surface area contributed by atoms with Crippen molar-refractivity contribution in [1.29, 1.82) is 0 Å². The van der Waals surface area contributed by atoms with Gasteiger partial charge in [-0.05, 0) is 57.9 Å². The van der Waals surface area contributed by atoms with E-state index in [9.17, 15) is 9.59 Å². The number of nitrogens with two attached hydrogens (primary N) is 1. The molecule has 34 heavy (non-hydrogen) atoms. The van der Waals surface area contributed by atoms with E-state index in [1.165, 1.54) is 11.3 Å². The zero-order chi connectivity index (χ0) is 24.6. The fourth-order valence-corrected chi connectivity index (χ4v) is 4.96. The standard InChI is InChI=1S/C26H28N4O3S/c1-6-15(4)28-25(32)23-22(27)21-20(18-8-7-11-33-18)19(16(5)29-26(21)34-23)24(31)30-17-10-9-13(2)12-14(17)3/h7-12,15H,6,27H2,1-5H3,(H,28,32)(H,30,31)/t15-/m1/s1. The van der Waals surface area contributed by atoms with Gasteiger partial charge in [0.25, 0.3) is 11.8 Å². The van der Waals surface area contributed by atoms with Gasteiger partial charge in [-0.2, -0.15) is 0 Å². The van der Waals surface area contributed by atoms with Gasteiger partial charge in [0.05, 0.1) is 23.2 Å². The van der Waals surface area contributed by atoms with E-state index >= 15 is 0 Å².